The van der Waals surface area contributed by atoms with E-state index in [0.717, 1.165) is 31.0 Å². The third-order valence-corrected chi connectivity index (χ3v) is 3.34. The monoisotopic (exact) mass is 283 g/mol. The Labute approximate surface area is 122 Å². The first kappa shape index (κ1) is 16.5. The Balaban J connectivity index is 2.68. The quantitative estimate of drug-likeness (QED) is 0.756. The van der Waals surface area contributed by atoms with Gasteiger partial charge in [-0.1, -0.05) is 23.7 Å². The average molecular weight is 284 g/mol. The second-order valence-electron chi connectivity index (χ2n) is 6.02. The lowest BCUT2D eigenvalue weighted by molar-refractivity contribution is 0.189. The van der Waals surface area contributed by atoms with Crippen LogP contribution in [0.2, 0.25) is 5.02 Å². The summed E-state index contributed by atoms with van der Waals surface area (Å²) in [4.78, 5) is 0. The molecule has 1 rings (SSSR count). The number of ether oxygens (including phenoxy) is 1. The van der Waals surface area contributed by atoms with Crippen LogP contribution in [0.1, 0.15) is 45.1 Å². The molecule has 1 aromatic carbocycles. The topological polar surface area (TPSA) is 21.3 Å². The van der Waals surface area contributed by atoms with E-state index in [4.69, 9.17) is 16.3 Å². The SMILES string of the molecule is COCCCC(CNC(C)(C)C)c1cccc(Cl)c1. The van der Waals surface area contributed by atoms with E-state index in [1.165, 1.54) is 5.56 Å². The molecule has 0 bridgehead atoms. The third-order valence-electron chi connectivity index (χ3n) is 3.10. The molecular formula is C16H26ClNO. The standard InChI is InChI=1S/C16H26ClNO/c1-16(2,3)18-12-14(8-6-10-19-4)13-7-5-9-15(17)11-13/h5,7,9,11,14,18H,6,8,10,12H2,1-4H3. The van der Waals surface area contributed by atoms with Gasteiger partial charge in [0.25, 0.3) is 0 Å². The van der Waals surface area contributed by atoms with E-state index in [1.807, 2.05) is 12.1 Å². The van der Waals surface area contributed by atoms with E-state index < -0.39 is 0 Å². The molecule has 0 aliphatic carbocycles. The molecule has 0 aromatic heterocycles. The van der Waals surface area contributed by atoms with Gasteiger partial charge in [-0.25, -0.2) is 0 Å². The van der Waals surface area contributed by atoms with Crippen LogP contribution in [0, 0.1) is 0 Å². The normalized spacial score (nSPS) is 13.5. The van der Waals surface area contributed by atoms with Crippen molar-refractivity contribution >= 4 is 11.6 Å². The van der Waals surface area contributed by atoms with Crippen molar-refractivity contribution in [1.82, 2.24) is 5.32 Å². The predicted octanol–water partition coefficient (Wildman–Crippen LogP) is 4.24. The van der Waals surface area contributed by atoms with Crippen molar-refractivity contribution in [2.45, 2.75) is 45.1 Å². The summed E-state index contributed by atoms with van der Waals surface area (Å²) >= 11 is 6.10. The van der Waals surface area contributed by atoms with Crippen molar-refractivity contribution in [2.24, 2.45) is 0 Å². The number of rotatable bonds is 7. The number of halogens is 1. The molecule has 19 heavy (non-hydrogen) atoms. The second-order valence-corrected chi connectivity index (χ2v) is 6.45. The first-order valence-electron chi connectivity index (χ1n) is 6.92. The number of hydrogen-bond acceptors (Lipinski definition) is 2. The highest BCUT2D eigenvalue weighted by atomic mass is 35.5. The molecular weight excluding hydrogens is 258 g/mol. The number of benzene rings is 1. The second kappa shape index (κ2) is 7.88. The molecule has 0 fully saturated rings. The molecule has 108 valence electrons. The van der Waals surface area contributed by atoms with Crippen LogP contribution < -0.4 is 5.32 Å². The lowest BCUT2D eigenvalue weighted by Crippen LogP contribution is -2.38. The summed E-state index contributed by atoms with van der Waals surface area (Å²) in [6.07, 6.45) is 2.18. The van der Waals surface area contributed by atoms with Gasteiger partial charge in [-0.05, 0) is 57.2 Å². The van der Waals surface area contributed by atoms with Gasteiger partial charge in [0.05, 0.1) is 0 Å². The lowest BCUT2D eigenvalue weighted by Gasteiger charge is -2.26. The fourth-order valence-corrected chi connectivity index (χ4v) is 2.25. The maximum atomic E-state index is 6.10. The van der Waals surface area contributed by atoms with Crippen LogP contribution in [0.4, 0.5) is 0 Å². The van der Waals surface area contributed by atoms with Crippen LogP contribution in [-0.2, 0) is 4.74 Å². The molecule has 2 nitrogen and oxygen atoms in total. The van der Waals surface area contributed by atoms with E-state index in [1.54, 1.807) is 7.11 Å². The van der Waals surface area contributed by atoms with Gasteiger partial charge in [-0.3, -0.25) is 0 Å². The van der Waals surface area contributed by atoms with E-state index >= 15 is 0 Å². The van der Waals surface area contributed by atoms with Crippen molar-refractivity contribution < 1.29 is 4.74 Å². The molecule has 1 aromatic rings. The zero-order chi connectivity index (χ0) is 14.3. The minimum Gasteiger partial charge on any atom is -0.385 e. The highest BCUT2D eigenvalue weighted by molar-refractivity contribution is 6.30. The Morgan fingerprint density at radius 1 is 1.32 bits per heavy atom. The van der Waals surface area contributed by atoms with Crippen LogP contribution in [0.25, 0.3) is 0 Å². The fourth-order valence-electron chi connectivity index (χ4n) is 2.05. The molecule has 3 heteroatoms. The van der Waals surface area contributed by atoms with Crippen LogP contribution in [0.5, 0.6) is 0 Å². The molecule has 0 spiro atoms. The molecule has 0 saturated carbocycles. The first-order valence-corrected chi connectivity index (χ1v) is 7.29. The summed E-state index contributed by atoms with van der Waals surface area (Å²) in [5.74, 6) is 0.480. The zero-order valence-corrected chi connectivity index (χ0v) is 13.3. The minimum atomic E-state index is 0.137. The molecule has 1 N–H and O–H groups in total. The Morgan fingerprint density at radius 2 is 2.05 bits per heavy atom. The summed E-state index contributed by atoms with van der Waals surface area (Å²) in [5.41, 5.74) is 1.44. The van der Waals surface area contributed by atoms with Crippen molar-refractivity contribution in [3.05, 3.63) is 34.9 Å². The Kier molecular flexibility index (Phi) is 6.84. The van der Waals surface area contributed by atoms with Crippen LogP contribution >= 0.6 is 11.6 Å². The molecule has 0 amide bonds. The lowest BCUT2D eigenvalue weighted by atomic mass is 9.93. The summed E-state index contributed by atoms with van der Waals surface area (Å²) in [6, 6.07) is 8.18. The molecule has 0 aliphatic rings. The molecule has 0 saturated heterocycles. The first-order chi connectivity index (χ1) is 8.92. The van der Waals surface area contributed by atoms with Crippen LogP contribution in [0.3, 0.4) is 0 Å². The van der Waals surface area contributed by atoms with Crippen molar-refractivity contribution in [3.8, 4) is 0 Å². The smallest absolute Gasteiger partial charge is 0.0462 e. The molecule has 0 aliphatic heterocycles. The molecule has 0 radical (unpaired) electrons. The number of nitrogens with one attached hydrogen (secondary N) is 1. The summed E-state index contributed by atoms with van der Waals surface area (Å²) in [6.45, 7) is 8.35. The highest BCUT2D eigenvalue weighted by Gasteiger charge is 2.16. The number of hydrogen-bond donors (Lipinski definition) is 1. The van der Waals surface area contributed by atoms with Crippen molar-refractivity contribution in [2.75, 3.05) is 20.3 Å². The van der Waals surface area contributed by atoms with Gasteiger partial charge in [0.1, 0.15) is 0 Å². The molecule has 0 heterocycles. The van der Waals surface area contributed by atoms with Crippen LogP contribution in [-0.4, -0.2) is 25.8 Å². The van der Waals surface area contributed by atoms with Gasteiger partial charge in [-0.2, -0.15) is 0 Å². The average Bonchev–Trinajstić information content (AvgIpc) is 2.32. The molecule has 1 atom stereocenters. The summed E-state index contributed by atoms with van der Waals surface area (Å²) in [7, 11) is 1.75. The van der Waals surface area contributed by atoms with Gasteiger partial charge in [0.15, 0.2) is 0 Å². The number of methoxy groups -OCH3 is 1. The fraction of sp³-hybridized carbons (Fsp3) is 0.625. The van der Waals surface area contributed by atoms with Crippen molar-refractivity contribution in [3.63, 3.8) is 0 Å². The Morgan fingerprint density at radius 3 is 2.63 bits per heavy atom. The zero-order valence-electron chi connectivity index (χ0n) is 12.5. The molecule has 1 unspecified atom stereocenters. The maximum Gasteiger partial charge on any atom is 0.0462 e. The van der Waals surface area contributed by atoms with E-state index in [-0.39, 0.29) is 5.54 Å². The predicted molar refractivity (Wildman–Crippen MR) is 83.1 cm³/mol. The van der Waals surface area contributed by atoms with E-state index in [0.29, 0.717) is 5.92 Å². The highest BCUT2D eigenvalue weighted by Crippen LogP contribution is 2.24. The third kappa shape index (κ3) is 6.95. The minimum absolute atomic E-state index is 0.137. The summed E-state index contributed by atoms with van der Waals surface area (Å²) < 4.78 is 5.15. The van der Waals surface area contributed by atoms with Gasteiger partial charge in [-0.15, -0.1) is 0 Å². The Hall–Kier alpha value is -0.570. The van der Waals surface area contributed by atoms with Crippen LogP contribution in [0.15, 0.2) is 24.3 Å². The largest absolute Gasteiger partial charge is 0.385 e. The van der Waals surface area contributed by atoms with Gasteiger partial charge in [0.2, 0.25) is 0 Å². The van der Waals surface area contributed by atoms with E-state index in [9.17, 15) is 0 Å². The van der Waals surface area contributed by atoms with E-state index in [2.05, 4.69) is 38.2 Å². The van der Waals surface area contributed by atoms with Gasteiger partial charge < -0.3 is 10.1 Å². The van der Waals surface area contributed by atoms with Crippen molar-refractivity contribution in [1.29, 1.82) is 0 Å². The van der Waals surface area contributed by atoms with Gasteiger partial charge in [0, 0.05) is 30.8 Å². The maximum absolute atomic E-state index is 6.10. The Bertz CT molecular complexity index is 373. The van der Waals surface area contributed by atoms with Gasteiger partial charge >= 0.3 is 0 Å². The summed E-state index contributed by atoms with van der Waals surface area (Å²) in [5, 5.41) is 4.39.